The number of allylic oxidation sites excluding steroid dienone is 1. The van der Waals surface area contributed by atoms with Crippen molar-refractivity contribution in [2.24, 2.45) is 0 Å². The zero-order chi connectivity index (χ0) is 10.8. The molecule has 3 rings (SSSR count). The largest absolute Gasteiger partial charge is 0.112 e. The summed E-state index contributed by atoms with van der Waals surface area (Å²) in [6, 6.07) is 21.0. The van der Waals surface area contributed by atoms with Crippen LogP contribution in [0.2, 0.25) is 0 Å². The van der Waals surface area contributed by atoms with Crippen LogP contribution in [-0.2, 0) is 0 Å². The van der Waals surface area contributed by atoms with Crippen LogP contribution in [0.4, 0.5) is 0 Å². The van der Waals surface area contributed by atoms with Gasteiger partial charge in [0.15, 0.2) is 0 Å². The Bertz CT molecular complexity index is 506. The fourth-order valence-electron chi connectivity index (χ4n) is 1.97. The average molecular weight is 204 g/mol. The van der Waals surface area contributed by atoms with Gasteiger partial charge in [0.1, 0.15) is 0 Å². The molecule has 2 aromatic rings. The molecule has 2 aromatic carbocycles. The SMILES string of the molecule is C1=C(c2ccccc2)CC=1c1ccccc1. The lowest BCUT2D eigenvalue weighted by Gasteiger charge is -2.15. The number of benzene rings is 2. The van der Waals surface area contributed by atoms with E-state index in [9.17, 15) is 0 Å². The maximum Gasteiger partial charge on any atom is 0.0134 e. The van der Waals surface area contributed by atoms with Gasteiger partial charge < -0.3 is 0 Å². The molecule has 16 heavy (non-hydrogen) atoms. The van der Waals surface area contributed by atoms with Crippen LogP contribution in [0, 0.1) is 0 Å². The highest BCUT2D eigenvalue weighted by atomic mass is 14.2. The van der Waals surface area contributed by atoms with Crippen LogP contribution in [0.5, 0.6) is 0 Å². The average Bonchev–Trinajstić information content (AvgIpc) is 2.30. The maximum atomic E-state index is 3.45. The quantitative estimate of drug-likeness (QED) is 0.644. The molecule has 76 valence electrons. The third kappa shape index (κ3) is 1.60. The smallest absolute Gasteiger partial charge is 0.0134 e. The molecule has 1 aliphatic carbocycles. The van der Waals surface area contributed by atoms with Gasteiger partial charge in [-0.25, -0.2) is 0 Å². The molecule has 0 radical (unpaired) electrons. The van der Waals surface area contributed by atoms with Crippen molar-refractivity contribution in [1.82, 2.24) is 0 Å². The Morgan fingerprint density at radius 2 is 1.00 bits per heavy atom. The van der Waals surface area contributed by atoms with E-state index < -0.39 is 0 Å². The second-order valence-corrected chi connectivity index (χ2v) is 3.99. The molecular formula is C16H12. The van der Waals surface area contributed by atoms with Crippen molar-refractivity contribution < 1.29 is 0 Å². The highest BCUT2D eigenvalue weighted by Gasteiger charge is 2.13. The summed E-state index contributed by atoms with van der Waals surface area (Å²) >= 11 is 0. The van der Waals surface area contributed by atoms with E-state index in [0.717, 1.165) is 6.42 Å². The van der Waals surface area contributed by atoms with Crippen molar-refractivity contribution in [2.75, 3.05) is 0 Å². The van der Waals surface area contributed by atoms with Crippen molar-refractivity contribution in [1.29, 1.82) is 0 Å². The monoisotopic (exact) mass is 204 g/mol. The second-order valence-electron chi connectivity index (χ2n) is 3.99. The Balaban J connectivity index is 1.97. The van der Waals surface area contributed by atoms with Crippen LogP contribution in [0.3, 0.4) is 0 Å². The van der Waals surface area contributed by atoms with E-state index in [1.54, 1.807) is 0 Å². The van der Waals surface area contributed by atoms with Gasteiger partial charge in [-0.1, -0.05) is 60.7 Å². The van der Waals surface area contributed by atoms with E-state index in [1.807, 2.05) is 12.1 Å². The molecule has 0 fully saturated rings. The molecule has 0 aliphatic heterocycles. The summed E-state index contributed by atoms with van der Waals surface area (Å²) in [4.78, 5) is 0. The number of hydrogen-bond acceptors (Lipinski definition) is 0. The zero-order valence-electron chi connectivity index (χ0n) is 8.98. The lowest BCUT2D eigenvalue weighted by Crippen LogP contribution is -1.95. The fourth-order valence-corrected chi connectivity index (χ4v) is 1.97. The highest BCUT2D eigenvalue weighted by Crippen LogP contribution is 2.34. The molecule has 0 aromatic heterocycles. The Labute approximate surface area is 95.6 Å². The van der Waals surface area contributed by atoms with Gasteiger partial charge in [0.05, 0.1) is 0 Å². The molecule has 0 amide bonds. The third-order valence-electron chi connectivity index (χ3n) is 2.90. The summed E-state index contributed by atoms with van der Waals surface area (Å²) in [7, 11) is 0. The molecule has 0 N–H and O–H groups in total. The van der Waals surface area contributed by atoms with Crippen molar-refractivity contribution in [3.05, 3.63) is 77.5 Å². The summed E-state index contributed by atoms with van der Waals surface area (Å²) < 4.78 is 0. The standard InChI is InChI=1S/C16H12/c1-3-7-13(8-4-1)15-11-16(12-15)14-9-5-2-6-10-14/h1-10H,11H2. The van der Waals surface area contributed by atoms with Crippen molar-refractivity contribution in [2.45, 2.75) is 6.42 Å². The molecule has 0 heteroatoms. The van der Waals surface area contributed by atoms with Gasteiger partial charge in [-0.2, -0.15) is 0 Å². The van der Waals surface area contributed by atoms with Gasteiger partial charge >= 0.3 is 0 Å². The zero-order valence-corrected chi connectivity index (χ0v) is 8.98. The molecule has 0 bridgehead atoms. The van der Waals surface area contributed by atoms with Gasteiger partial charge in [0, 0.05) is 17.6 Å². The molecule has 0 unspecified atom stereocenters. The lowest BCUT2D eigenvalue weighted by molar-refractivity contribution is 1.34. The number of hydrogen-bond donors (Lipinski definition) is 0. The Morgan fingerprint density at radius 1 is 0.625 bits per heavy atom. The first-order valence-electron chi connectivity index (χ1n) is 5.53. The van der Waals surface area contributed by atoms with E-state index in [4.69, 9.17) is 0 Å². The molecule has 0 atom stereocenters. The summed E-state index contributed by atoms with van der Waals surface area (Å²) in [6.07, 6.45) is 1.04. The molecule has 0 spiro atoms. The summed E-state index contributed by atoms with van der Waals surface area (Å²) in [6.45, 7) is 0. The molecule has 0 saturated heterocycles. The molecule has 0 nitrogen and oxygen atoms in total. The minimum Gasteiger partial charge on any atom is -0.112 e. The molecule has 1 aliphatic rings. The minimum atomic E-state index is 1.04. The predicted octanol–water partition coefficient (Wildman–Crippen LogP) is 4.16. The van der Waals surface area contributed by atoms with Gasteiger partial charge in [-0.15, -0.1) is 5.73 Å². The molecule has 0 heterocycles. The highest BCUT2D eigenvalue weighted by molar-refractivity contribution is 5.89. The van der Waals surface area contributed by atoms with Crippen LogP contribution < -0.4 is 0 Å². The predicted molar refractivity (Wildman–Crippen MR) is 67.8 cm³/mol. The van der Waals surface area contributed by atoms with Gasteiger partial charge in [-0.05, 0) is 11.1 Å². The summed E-state index contributed by atoms with van der Waals surface area (Å²) in [5, 5.41) is 0. The Kier molecular flexibility index (Phi) is 2.21. The normalized spacial score (nSPS) is 13.8. The van der Waals surface area contributed by atoms with Crippen molar-refractivity contribution in [3.8, 4) is 0 Å². The maximum absolute atomic E-state index is 3.45. The van der Waals surface area contributed by atoms with Gasteiger partial charge in [-0.3, -0.25) is 0 Å². The van der Waals surface area contributed by atoms with Gasteiger partial charge in [0.25, 0.3) is 0 Å². The number of rotatable bonds is 2. The second kappa shape index (κ2) is 3.84. The van der Waals surface area contributed by atoms with Crippen LogP contribution in [0.15, 0.2) is 66.4 Å². The van der Waals surface area contributed by atoms with Gasteiger partial charge in [0.2, 0.25) is 0 Å². The van der Waals surface area contributed by atoms with Crippen molar-refractivity contribution in [3.63, 3.8) is 0 Å². The molecule has 0 saturated carbocycles. The first-order valence-corrected chi connectivity index (χ1v) is 5.53. The van der Waals surface area contributed by atoms with Crippen LogP contribution >= 0.6 is 0 Å². The van der Waals surface area contributed by atoms with E-state index in [0.29, 0.717) is 0 Å². The van der Waals surface area contributed by atoms with E-state index in [2.05, 4.69) is 54.3 Å². The van der Waals surface area contributed by atoms with E-state index in [-0.39, 0.29) is 0 Å². The van der Waals surface area contributed by atoms with Crippen LogP contribution in [0.25, 0.3) is 11.1 Å². The third-order valence-corrected chi connectivity index (χ3v) is 2.90. The van der Waals surface area contributed by atoms with E-state index in [1.165, 1.54) is 22.3 Å². The van der Waals surface area contributed by atoms with Crippen molar-refractivity contribution >= 4 is 11.1 Å². The molecular weight excluding hydrogens is 192 g/mol. The van der Waals surface area contributed by atoms with Crippen LogP contribution in [-0.4, -0.2) is 0 Å². The Hall–Kier alpha value is -2.04. The Morgan fingerprint density at radius 3 is 1.38 bits per heavy atom. The topological polar surface area (TPSA) is 0 Å². The summed E-state index contributed by atoms with van der Waals surface area (Å²) in [5.41, 5.74) is 8.67. The minimum absolute atomic E-state index is 1.04. The first kappa shape index (κ1) is 9.21. The first-order chi connectivity index (χ1) is 7.93. The summed E-state index contributed by atoms with van der Waals surface area (Å²) in [5.74, 6) is 0. The van der Waals surface area contributed by atoms with E-state index >= 15 is 0 Å². The lowest BCUT2D eigenvalue weighted by atomic mass is 9.87. The van der Waals surface area contributed by atoms with Crippen LogP contribution in [0.1, 0.15) is 17.5 Å². The fraction of sp³-hybridized carbons (Fsp3) is 0.0625.